The number of benzene rings is 2. The van der Waals surface area contributed by atoms with Crippen molar-refractivity contribution in [1.82, 2.24) is 39.8 Å². The SMILES string of the molecule is COCCN(C)Cc1cccc(-n2nc(C(C)(C)C)cc2NC(=O)N[C@H]2CC[C@@H](ON3C=Cc4nnc(N5CCCC[C@@H]5C)n4C3)c3ccccc32)c1. The van der Waals surface area contributed by atoms with E-state index in [1.807, 2.05) is 52.4 Å². The number of amides is 2. The van der Waals surface area contributed by atoms with Gasteiger partial charge in [-0.2, -0.15) is 5.10 Å². The molecule has 13 nitrogen and oxygen atoms in total. The van der Waals surface area contributed by atoms with E-state index >= 15 is 0 Å². The molecule has 2 aromatic carbocycles. The summed E-state index contributed by atoms with van der Waals surface area (Å²) in [4.78, 5) is 25.0. The molecule has 0 radical (unpaired) electrons. The van der Waals surface area contributed by atoms with Gasteiger partial charge < -0.3 is 15.0 Å². The average molecular weight is 723 g/mol. The molecule has 1 saturated heterocycles. The Bertz CT molecular complexity index is 1910. The van der Waals surface area contributed by atoms with Gasteiger partial charge in [0.05, 0.1) is 24.0 Å². The lowest BCUT2D eigenvalue weighted by atomic mass is 9.86. The first-order chi connectivity index (χ1) is 25.6. The number of methoxy groups -OCH3 is 1. The summed E-state index contributed by atoms with van der Waals surface area (Å²) in [5.74, 6) is 2.36. The summed E-state index contributed by atoms with van der Waals surface area (Å²) in [5.41, 5.74) is 4.85. The number of nitrogens with zero attached hydrogens (tertiary/aromatic N) is 8. The van der Waals surface area contributed by atoms with Gasteiger partial charge in [0.25, 0.3) is 0 Å². The van der Waals surface area contributed by atoms with Crippen molar-refractivity contribution in [3.63, 3.8) is 0 Å². The van der Waals surface area contributed by atoms with Crippen LogP contribution in [0.15, 0.2) is 60.8 Å². The monoisotopic (exact) mass is 722 g/mol. The van der Waals surface area contributed by atoms with Crippen LogP contribution in [0.5, 0.6) is 0 Å². The van der Waals surface area contributed by atoms with Crippen molar-refractivity contribution < 1.29 is 14.4 Å². The largest absolute Gasteiger partial charge is 0.383 e. The molecule has 0 bridgehead atoms. The number of nitrogens with one attached hydrogen (secondary N) is 2. The van der Waals surface area contributed by atoms with Crippen LogP contribution in [0.1, 0.15) is 100 Å². The summed E-state index contributed by atoms with van der Waals surface area (Å²) >= 11 is 0. The summed E-state index contributed by atoms with van der Waals surface area (Å²) < 4.78 is 9.23. The number of anilines is 2. The van der Waals surface area contributed by atoms with Gasteiger partial charge in [-0.05, 0) is 74.9 Å². The maximum Gasteiger partial charge on any atom is 0.320 e. The molecule has 3 atom stereocenters. The van der Waals surface area contributed by atoms with E-state index in [1.165, 1.54) is 6.42 Å². The number of likely N-dealkylation sites (N-methyl/N-ethyl adjacent to an activating group) is 1. The normalized spacial score (nSPS) is 20.0. The first-order valence-electron chi connectivity index (χ1n) is 18.9. The summed E-state index contributed by atoms with van der Waals surface area (Å²) in [6, 6.07) is 18.5. The number of ether oxygens (including phenoxy) is 1. The van der Waals surface area contributed by atoms with Crippen LogP contribution in [0.3, 0.4) is 0 Å². The minimum Gasteiger partial charge on any atom is -0.383 e. The molecule has 2 aromatic heterocycles. The van der Waals surface area contributed by atoms with E-state index in [2.05, 4.69) is 94.2 Å². The number of carbonyl (C=O) groups excluding carboxylic acids is 1. The predicted octanol–water partition coefficient (Wildman–Crippen LogP) is 6.79. The Labute approximate surface area is 312 Å². The molecule has 53 heavy (non-hydrogen) atoms. The van der Waals surface area contributed by atoms with Crippen molar-refractivity contribution in [2.45, 2.75) is 96.6 Å². The predicted molar refractivity (Wildman–Crippen MR) is 206 cm³/mol. The van der Waals surface area contributed by atoms with Crippen LogP contribution >= 0.6 is 0 Å². The summed E-state index contributed by atoms with van der Waals surface area (Å²) in [6.45, 7) is 12.4. The highest BCUT2D eigenvalue weighted by atomic mass is 16.7. The van der Waals surface area contributed by atoms with E-state index in [9.17, 15) is 4.79 Å². The van der Waals surface area contributed by atoms with Crippen LogP contribution in [0.25, 0.3) is 11.8 Å². The van der Waals surface area contributed by atoms with Gasteiger partial charge in [0.2, 0.25) is 5.95 Å². The second kappa shape index (κ2) is 15.7. The minimum absolute atomic E-state index is 0.163. The fourth-order valence-corrected chi connectivity index (χ4v) is 7.52. The van der Waals surface area contributed by atoms with Crippen molar-refractivity contribution >= 4 is 23.9 Å². The van der Waals surface area contributed by atoms with Gasteiger partial charge in [0.15, 0.2) is 5.82 Å². The molecule has 13 heteroatoms. The highest BCUT2D eigenvalue weighted by Gasteiger charge is 2.32. The number of hydrogen-bond donors (Lipinski definition) is 2. The van der Waals surface area contributed by atoms with Crippen molar-refractivity contribution in [2.75, 3.05) is 44.1 Å². The molecule has 0 saturated carbocycles. The number of carbonyl (C=O) groups is 1. The minimum atomic E-state index is -0.278. The van der Waals surface area contributed by atoms with Gasteiger partial charge in [-0.15, -0.1) is 10.2 Å². The number of urea groups is 1. The molecule has 4 aromatic rings. The lowest BCUT2D eigenvalue weighted by Crippen LogP contribution is -2.40. The smallest absolute Gasteiger partial charge is 0.320 e. The Kier molecular flexibility index (Phi) is 10.9. The fraction of sp³-hybridized carbons (Fsp3) is 0.500. The van der Waals surface area contributed by atoms with Gasteiger partial charge in [0.1, 0.15) is 18.6 Å². The summed E-state index contributed by atoms with van der Waals surface area (Å²) in [6.07, 6.45) is 8.79. The highest BCUT2D eigenvalue weighted by Crippen LogP contribution is 2.39. The number of hydroxylamine groups is 2. The molecule has 7 rings (SSSR count). The first-order valence-corrected chi connectivity index (χ1v) is 18.9. The third-order valence-corrected chi connectivity index (χ3v) is 10.5. The molecular weight excluding hydrogens is 669 g/mol. The van der Waals surface area contributed by atoms with Crippen LogP contribution in [0, 0.1) is 0 Å². The van der Waals surface area contributed by atoms with Crippen molar-refractivity contribution in [3.05, 3.63) is 89.0 Å². The van der Waals surface area contributed by atoms with Crippen LogP contribution in [-0.2, 0) is 28.2 Å². The zero-order valence-corrected chi connectivity index (χ0v) is 32.0. The Morgan fingerprint density at radius 1 is 1.02 bits per heavy atom. The number of aromatic nitrogens is 5. The summed E-state index contributed by atoms with van der Waals surface area (Å²) in [5, 5.41) is 22.3. The van der Waals surface area contributed by atoms with Crippen molar-refractivity contribution in [1.29, 1.82) is 0 Å². The number of hydrogen-bond acceptors (Lipinski definition) is 9. The quantitative estimate of drug-likeness (QED) is 0.173. The van der Waals surface area contributed by atoms with Crippen molar-refractivity contribution in [2.24, 2.45) is 0 Å². The molecule has 0 unspecified atom stereocenters. The third-order valence-electron chi connectivity index (χ3n) is 10.5. The Balaban J connectivity index is 1.04. The van der Waals surface area contributed by atoms with Crippen LogP contribution < -0.4 is 15.5 Å². The van der Waals surface area contributed by atoms with E-state index in [1.54, 1.807) is 7.11 Å². The van der Waals surface area contributed by atoms with Crippen LogP contribution in [0.4, 0.5) is 16.6 Å². The van der Waals surface area contributed by atoms with E-state index in [4.69, 9.17) is 14.7 Å². The fourth-order valence-electron chi connectivity index (χ4n) is 7.52. The second-order valence-electron chi connectivity index (χ2n) is 15.6. The average Bonchev–Trinajstić information content (AvgIpc) is 3.77. The maximum absolute atomic E-state index is 13.8. The number of piperidine rings is 1. The molecule has 3 aliphatic rings. The van der Waals surface area contributed by atoms with Crippen molar-refractivity contribution in [3.8, 4) is 5.69 Å². The molecule has 2 N–H and O–H groups in total. The molecule has 4 heterocycles. The molecule has 1 fully saturated rings. The molecular formula is C40H54N10O3. The van der Waals surface area contributed by atoms with Gasteiger partial charge >= 0.3 is 6.03 Å². The van der Waals surface area contributed by atoms with E-state index in [0.717, 1.165) is 85.2 Å². The number of rotatable bonds is 11. The molecule has 2 amide bonds. The topological polar surface area (TPSA) is 118 Å². The second-order valence-corrected chi connectivity index (χ2v) is 15.6. The standard InChI is InChI=1S/C40H54N10O3/c1-28-12-9-10-20-48(28)39-44-43-36-19-21-47(27-49(36)39)53-34-18-17-33(31-15-7-8-16-32(31)34)41-38(51)42-37-25-35(40(2,3)4)45-50(37)30-14-11-13-29(24-30)26-46(5)22-23-52-6/h7-8,11,13-16,19,21,24-25,28,33-34H,9-10,12,17-18,20,22-23,26-27H2,1-6H3,(H2,41,42,51)/t28-,33-,34+/m0/s1. The molecule has 1 aliphatic carbocycles. The summed E-state index contributed by atoms with van der Waals surface area (Å²) in [7, 11) is 3.80. The first kappa shape index (κ1) is 36.6. The Hall–Kier alpha value is -4.72. The zero-order chi connectivity index (χ0) is 37.1. The van der Waals surface area contributed by atoms with Crippen LogP contribution in [0.2, 0.25) is 0 Å². The highest BCUT2D eigenvalue weighted by molar-refractivity contribution is 5.89. The van der Waals surface area contributed by atoms with E-state index in [0.29, 0.717) is 25.1 Å². The van der Waals surface area contributed by atoms with Gasteiger partial charge in [0, 0.05) is 56.5 Å². The van der Waals surface area contributed by atoms with Gasteiger partial charge in [-0.25, -0.2) is 14.5 Å². The lowest BCUT2D eigenvalue weighted by molar-refractivity contribution is -0.190. The zero-order valence-electron chi connectivity index (χ0n) is 32.0. The maximum atomic E-state index is 13.8. The van der Waals surface area contributed by atoms with E-state index < -0.39 is 0 Å². The Morgan fingerprint density at radius 3 is 2.64 bits per heavy atom. The molecule has 2 aliphatic heterocycles. The Morgan fingerprint density at radius 2 is 1.85 bits per heavy atom. The van der Waals surface area contributed by atoms with Crippen LogP contribution in [-0.4, -0.2) is 80.4 Å². The number of fused-ring (bicyclic) bond motifs is 2. The third kappa shape index (κ3) is 8.27. The van der Waals surface area contributed by atoms with E-state index in [-0.39, 0.29) is 23.6 Å². The van der Waals surface area contributed by atoms with Gasteiger partial charge in [-0.3, -0.25) is 19.6 Å². The molecule has 282 valence electrons. The van der Waals surface area contributed by atoms with Gasteiger partial charge in [-0.1, -0.05) is 57.2 Å². The molecule has 0 spiro atoms. The lowest BCUT2D eigenvalue weighted by Gasteiger charge is -2.37.